The van der Waals surface area contributed by atoms with Crippen LogP contribution in [0.15, 0.2) is 4.52 Å². The van der Waals surface area contributed by atoms with Gasteiger partial charge in [0.2, 0.25) is 5.89 Å². The number of carbonyl (C=O) groups is 1. The van der Waals surface area contributed by atoms with E-state index in [9.17, 15) is 4.79 Å². The Morgan fingerprint density at radius 2 is 2.10 bits per heavy atom. The highest BCUT2D eigenvalue weighted by molar-refractivity contribution is 5.90. The first kappa shape index (κ1) is 14.5. The smallest absolute Gasteiger partial charge is 0.295 e. The lowest BCUT2D eigenvalue weighted by Gasteiger charge is -2.33. The third-order valence-electron chi connectivity index (χ3n) is 4.76. The van der Waals surface area contributed by atoms with Gasteiger partial charge in [-0.3, -0.25) is 4.79 Å². The molecule has 21 heavy (non-hydrogen) atoms. The zero-order valence-electron chi connectivity index (χ0n) is 12.8. The van der Waals surface area contributed by atoms with Gasteiger partial charge in [-0.05, 0) is 44.1 Å². The highest BCUT2D eigenvalue weighted by Gasteiger charge is 2.29. The minimum Gasteiger partial charge on any atom is -0.337 e. The molecule has 3 heterocycles. The quantitative estimate of drug-likeness (QED) is 0.922. The lowest BCUT2D eigenvalue weighted by molar-refractivity contribution is 0.0652. The lowest BCUT2D eigenvalue weighted by atomic mass is 9.87. The van der Waals surface area contributed by atoms with Crippen LogP contribution in [0.3, 0.4) is 0 Å². The number of carbonyl (C=O) groups excluding carboxylic acids is 1. The molecule has 2 fully saturated rings. The number of likely N-dealkylation sites (tertiary alicyclic amines) is 1. The summed E-state index contributed by atoms with van der Waals surface area (Å²) in [4.78, 5) is 18.6. The summed E-state index contributed by atoms with van der Waals surface area (Å²) in [6.45, 7) is 7.07. The predicted octanol–water partition coefficient (Wildman–Crippen LogP) is 2.00. The maximum Gasteiger partial charge on any atom is 0.295 e. The molecule has 2 saturated heterocycles. The van der Waals surface area contributed by atoms with E-state index < -0.39 is 0 Å². The molecule has 2 aliphatic rings. The van der Waals surface area contributed by atoms with E-state index in [-0.39, 0.29) is 17.8 Å². The van der Waals surface area contributed by atoms with Crippen molar-refractivity contribution >= 4 is 5.91 Å². The van der Waals surface area contributed by atoms with Gasteiger partial charge in [0.1, 0.15) is 0 Å². The molecule has 3 rings (SSSR count). The SMILES string of the molecule is CC(C)C1CCN(C(=O)c2noc(C3CCCN3)n2)CC1. The zero-order chi connectivity index (χ0) is 14.8. The van der Waals surface area contributed by atoms with Crippen LogP contribution in [-0.2, 0) is 0 Å². The lowest BCUT2D eigenvalue weighted by Crippen LogP contribution is -2.40. The molecule has 0 radical (unpaired) electrons. The monoisotopic (exact) mass is 292 g/mol. The van der Waals surface area contributed by atoms with Crippen molar-refractivity contribution in [1.82, 2.24) is 20.4 Å². The van der Waals surface area contributed by atoms with Crippen molar-refractivity contribution < 1.29 is 9.32 Å². The van der Waals surface area contributed by atoms with E-state index in [1.54, 1.807) is 0 Å². The summed E-state index contributed by atoms with van der Waals surface area (Å²) in [6, 6.07) is 0.116. The topological polar surface area (TPSA) is 71.3 Å². The predicted molar refractivity (Wildman–Crippen MR) is 77.7 cm³/mol. The van der Waals surface area contributed by atoms with Crippen molar-refractivity contribution in [2.75, 3.05) is 19.6 Å². The minimum absolute atomic E-state index is 0.0924. The van der Waals surface area contributed by atoms with Crippen LogP contribution in [0.4, 0.5) is 0 Å². The van der Waals surface area contributed by atoms with Crippen LogP contribution in [-0.4, -0.2) is 40.6 Å². The van der Waals surface area contributed by atoms with Crippen molar-refractivity contribution in [2.45, 2.75) is 45.6 Å². The van der Waals surface area contributed by atoms with Crippen molar-refractivity contribution in [3.63, 3.8) is 0 Å². The number of aromatic nitrogens is 2. The van der Waals surface area contributed by atoms with Crippen molar-refractivity contribution in [2.24, 2.45) is 11.8 Å². The van der Waals surface area contributed by atoms with E-state index in [2.05, 4.69) is 29.3 Å². The summed E-state index contributed by atoms with van der Waals surface area (Å²) in [5.41, 5.74) is 0. The first-order valence-electron chi connectivity index (χ1n) is 8.01. The van der Waals surface area contributed by atoms with Gasteiger partial charge < -0.3 is 14.7 Å². The third-order valence-corrected chi connectivity index (χ3v) is 4.76. The Bertz CT molecular complexity index is 486. The standard InChI is InChI=1S/C15H24N4O2/c1-10(2)11-5-8-19(9-6-11)15(20)13-17-14(21-18-13)12-4-3-7-16-12/h10-12,16H,3-9H2,1-2H3. The molecular weight excluding hydrogens is 268 g/mol. The summed E-state index contributed by atoms with van der Waals surface area (Å²) in [7, 11) is 0. The Morgan fingerprint density at radius 1 is 1.33 bits per heavy atom. The van der Waals surface area contributed by atoms with E-state index in [0.29, 0.717) is 11.8 Å². The summed E-state index contributed by atoms with van der Waals surface area (Å²) in [5.74, 6) is 2.07. The van der Waals surface area contributed by atoms with E-state index in [1.165, 1.54) is 0 Å². The zero-order valence-corrected chi connectivity index (χ0v) is 12.8. The number of piperidine rings is 1. The Labute approximate surface area is 125 Å². The van der Waals surface area contributed by atoms with Crippen LogP contribution in [0.2, 0.25) is 0 Å². The van der Waals surface area contributed by atoms with Crippen molar-refractivity contribution in [3.8, 4) is 0 Å². The van der Waals surface area contributed by atoms with Crippen LogP contribution in [0.1, 0.15) is 62.1 Å². The van der Waals surface area contributed by atoms with Crippen LogP contribution >= 0.6 is 0 Å². The Balaban J connectivity index is 1.60. The number of rotatable bonds is 3. The summed E-state index contributed by atoms with van der Waals surface area (Å²) in [5, 5.41) is 7.17. The van der Waals surface area contributed by atoms with E-state index in [1.807, 2.05) is 4.90 Å². The number of hydrogen-bond acceptors (Lipinski definition) is 5. The summed E-state index contributed by atoms with van der Waals surface area (Å²) >= 11 is 0. The van der Waals surface area contributed by atoms with Crippen molar-refractivity contribution in [1.29, 1.82) is 0 Å². The van der Waals surface area contributed by atoms with Gasteiger partial charge >= 0.3 is 0 Å². The first-order chi connectivity index (χ1) is 10.1. The molecule has 0 aliphatic carbocycles. The van der Waals surface area contributed by atoms with E-state index >= 15 is 0 Å². The van der Waals surface area contributed by atoms with Crippen LogP contribution in [0.5, 0.6) is 0 Å². The minimum atomic E-state index is -0.0924. The second kappa shape index (κ2) is 6.13. The fourth-order valence-electron chi connectivity index (χ4n) is 3.27. The molecule has 116 valence electrons. The van der Waals surface area contributed by atoms with Gasteiger partial charge in [-0.2, -0.15) is 4.98 Å². The Morgan fingerprint density at radius 3 is 2.71 bits per heavy atom. The molecule has 0 bridgehead atoms. The average Bonchev–Trinajstić information content (AvgIpc) is 3.17. The molecule has 0 saturated carbocycles. The molecule has 1 unspecified atom stereocenters. The van der Waals surface area contributed by atoms with Gasteiger partial charge in [0.05, 0.1) is 6.04 Å². The second-order valence-electron chi connectivity index (χ2n) is 6.48. The largest absolute Gasteiger partial charge is 0.337 e. The highest BCUT2D eigenvalue weighted by Crippen LogP contribution is 2.25. The molecule has 1 amide bonds. The highest BCUT2D eigenvalue weighted by atomic mass is 16.5. The molecule has 1 atom stereocenters. The number of nitrogens with one attached hydrogen (secondary N) is 1. The van der Waals surface area contributed by atoms with Gasteiger partial charge in [-0.25, -0.2) is 0 Å². The Hall–Kier alpha value is -1.43. The number of hydrogen-bond donors (Lipinski definition) is 1. The summed E-state index contributed by atoms with van der Waals surface area (Å²) in [6.07, 6.45) is 4.24. The van der Waals surface area contributed by atoms with Crippen LogP contribution in [0.25, 0.3) is 0 Å². The molecule has 1 aromatic rings. The molecule has 0 aromatic carbocycles. The van der Waals surface area contributed by atoms with E-state index in [0.717, 1.165) is 51.2 Å². The fraction of sp³-hybridized carbons (Fsp3) is 0.800. The fourth-order valence-corrected chi connectivity index (χ4v) is 3.27. The first-order valence-corrected chi connectivity index (χ1v) is 8.01. The third kappa shape index (κ3) is 3.10. The van der Waals surface area contributed by atoms with Gasteiger partial charge in [0.25, 0.3) is 11.7 Å². The molecule has 2 aliphatic heterocycles. The number of nitrogens with zero attached hydrogens (tertiary/aromatic N) is 3. The molecule has 6 nitrogen and oxygen atoms in total. The van der Waals surface area contributed by atoms with Gasteiger partial charge in [0, 0.05) is 13.1 Å². The maximum absolute atomic E-state index is 12.4. The molecular formula is C15H24N4O2. The second-order valence-corrected chi connectivity index (χ2v) is 6.48. The van der Waals surface area contributed by atoms with E-state index in [4.69, 9.17) is 4.52 Å². The van der Waals surface area contributed by atoms with Crippen LogP contribution < -0.4 is 5.32 Å². The normalized spacial score (nSPS) is 24.0. The van der Waals surface area contributed by atoms with Gasteiger partial charge in [-0.15, -0.1) is 0 Å². The average molecular weight is 292 g/mol. The Kier molecular flexibility index (Phi) is 4.24. The maximum atomic E-state index is 12.4. The molecule has 0 spiro atoms. The summed E-state index contributed by atoms with van der Waals surface area (Å²) < 4.78 is 5.25. The van der Waals surface area contributed by atoms with Crippen LogP contribution in [0, 0.1) is 11.8 Å². The number of amides is 1. The molecule has 6 heteroatoms. The van der Waals surface area contributed by atoms with Gasteiger partial charge in [0.15, 0.2) is 0 Å². The molecule has 1 N–H and O–H groups in total. The molecule has 1 aromatic heterocycles. The van der Waals surface area contributed by atoms with Gasteiger partial charge in [-0.1, -0.05) is 19.0 Å². The van der Waals surface area contributed by atoms with Crippen molar-refractivity contribution in [3.05, 3.63) is 11.7 Å².